The molecule has 0 saturated heterocycles. The van der Waals surface area contributed by atoms with E-state index in [9.17, 15) is 4.79 Å². The summed E-state index contributed by atoms with van der Waals surface area (Å²) in [6.07, 6.45) is 2.03. The van der Waals surface area contributed by atoms with Gasteiger partial charge < -0.3 is 5.11 Å². The lowest BCUT2D eigenvalue weighted by atomic mass is 10.3. The maximum Gasteiger partial charge on any atom is 0.420 e. The molecule has 0 saturated carbocycles. The molecule has 0 radical (unpaired) electrons. The standard InChI is InChI=1S/C6H10N2O2/c1-2-3-4-8(5-7)6(9)10/h2-4H2,1H3,(H,9,10). The van der Waals surface area contributed by atoms with E-state index in [0.29, 0.717) is 6.54 Å². The molecule has 56 valence electrons. The number of hydrogen-bond donors (Lipinski definition) is 1. The van der Waals surface area contributed by atoms with Crippen LogP contribution in [0.15, 0.2) is 0 Å². The van der Waals surface area contributed by atoms with Crippen LogP contribution in [-0.4, -0.2) is 22.6 Å². The van der Waals surface area contributed by atoms with Crippen LogP contribution in [0.25, 0.3) is 0 Å². The normalized spacial score (nSPS) is 8.40. The molecule has 10 heavy (non-hydrogen) atoms. The Morgan fingerprint density at radius 2 is 2.40 bits per heavy atom. The van der Waals surface area contributed by atoms with Gasteiger partial charge in [0.05, 0.1) is 0 Å². The van der Waals surface area contributed by atoms with E-state index in [2.05, 4.69) is 0 Å². The van der Waals surface area contributed by atoms with Crippen LogP contribution >= 0.6 is 0 Å². The number of unbranched alkanes of at least 4 members (excludes halogenated alkanes) is 1. The van der Waals surface area contributed by atoms with Crippen LogP contribution in [0, 0.1) is 11.5 Å². The van der Waals surface area contributed by atoms with Crippen molar-refractivity contribution in [2.75, 3.05) is 6.54 Å². The Morgan fingerprint density at radius 1 is 1.80 bits per heavy atom. The molecule has 4 heteroatoms. The molecule has 0 aromatic rings. The lowest BCUT2D eigenvalue weighted by Gasteiger charge is -2.06. The van der Waals surface area contributed by atoms with Crippen LogP contribution in [0.4, 0.5) is 4.79 Å². The average molecular weight is 142 g/mol. The topological polar surface area (TPSA) is 64.3 Å². The molecule has 1 N–H and O–H groups in total. The molecular weight excluding hydrogens is 132 g/mol. The summed E-state index contributed by atoms with van der Waals surface area (Å²) in [7, 11) is 0. The Labute approximate surface area is 59.7 Å². The van der Waals surface area contributed by atoms with Gasteiger partial charge in [0.2, 0.25) is 0 Å². The lowest BCUT2D eigenvalue weighted by molar-refractivity contribution is 0.165. The lowest BCUT2D eigenvalue weighted by Crippen LogP contribution is -2.24. The molecule has 1 amide bonds. The Hall–Kier alpha value is -1.24. The van der Waals surface area contributed by atoms with E-state index in [-0.39, 0.29) is 0 Å². The molecule has 0 aliphatic carbocycles. The van der Waals surface area contributed by atoms with Crippen LogP contribution in [0.5, 0.6) is 0 Å². The minimum atomic E-state index is -1.17. The summed E-state index contributed by atoms with van der Waals surface area (Å²) in [5.74, 6) is 0. The van der Waals surface area contributed by atoms with E-state index in [1.807, 2.05) is 6.92 Å². The molecular formula is C6H10N2O2. The fourth-order valence-electron chi connectivity index (χ4n) is 0.505. The molecule has 0 heterocycles. The van der Waals surface area contributed by atoms with E-state index in [0.717, 1.165) is 17.7 Å². The maximum absolute atomic E-state index is 10.1. The van der Waals surface area contributed by atoms with Gasteiger partial charge >= 0.3 is 6.09 Å². The molecule has 0 atom stereocenters. The third-order valence-corrected chi connectivity index (χ3v) is 1.09. The largest absolute Gasteiger partial charge is 0.464 e. The van der Waals surface area contributed by atoms with Gasteiger partial charge in [0.1, 0.15) is 0 Å². The first-order chi connectivity index (χ1) is 4.72. The molecule has 0 bridgehead atoms. The van der Waals surface area contributed by atoms with Crippen LogP contribution < -0.4 is 0 Å². The van der Waals surface area contributed by atoms with E-state index in [1.54, 1.807) is 6.19 Å². The first-order valence-corrected chi connectivity index (χ1v) is 3.12. The van der Waals surface area contributed by atoms with Gasteiger partial charge in [-0.2, -0.15) is 5.26 Å². The monoisotopic (exact) mass is 142 g/mol. The molecule has 0 aromatic carbocycles. The molecule has 0 aliphatic rings. The van der Waals surface area contributed by atoms with Crippen LogP contribution in [0.2, 0.25) is 0 Å². The van der Waals surface area contributed by atoms with E-state index in [1.165, 1.54) is 0 Å². The predicted octanol–water partition coefficient (Wildman–Crippen LogP) is 1.25. The van der Waals surface area contributed by atoms with Crippen molar-refractivity contribution in [1.29, 1.82) is 5.26 Å². The Balaban J connectivity index is 3.64. The number of carbonyl (C=O) groups is 1. The first kappa shape index (κ1) is 8.76. The smallest absolute Gasteiger partial charge is 0.420 e. The second-order valence-electron chi connectivity index (χ2n) is 1.89. The first-order valence-electron chi connectivity index (χ1n) is 3.12. The zero-order valence-electron chi connectivity index (χ0n) is 5.87. The average Bonchev–Trinajstić information content (AvgIpc) is 1.89. The van der Waals surface area contributed by atoms with Gasteiger partial charge in [0, 0.05) is 6.54 Å². The van der Waals surface area contributed by atoms with E-state index in [4.69, 9.17) is 10.4 Å². The highest BCUT2D eigenvalue weighted by atomic mass is 16.4. The van der Waals surface area contributed by atoms with Crippen molar-refractivity contribution in [3.05, 3.63) is 0 Å². The quantitative estimate of drug-likeness (QED) is 0.476. The molecule has 0 fully saturated rings. The summed E-state index contributed by atoms with van der Waals surface area (Å²) >= 11 is 0. The molecule has 0 unspecified atom stereocenters. The van der Waals surface area contributed by atoms with Crippen molar-refractivity contribution in [3.8, 4) is 6.19 Å². The molecule has 0 spiro atoms. The highest BCUT2D eigenvalue weighted by Crippen LogP contribution is 1.92. The molecule has 0 aliphatic heterocycles. The van der Waals surface area contributed by atoms with Gasteiger partial charge in [-0.05, 0) is 6.42 Å². The highest BCUT2D eigenvalue weighted by molar-refractivity contribution is 5.66. The summed E-state index contributed by atoms with van der Waals surface area (Å²) < 4.78 is 0. The highest BCUT2D eigenvalue weighted by Gasteiger charge is 2.07. The zero-order valence-corrected chi connectivity index (χ0v) is 5.87. The number of amides is 1. The minimum Gasteiger partial charge on any atom is -0.464 e. The Kier molecular flexibility index (Phi) is 4.05. The molecule has 0 aromatic heterocycles. The number of hydrogen-bond acceptors (Lipinski definition) is 2. The summed E-state index contributed by atoms with van der Waals surface area (Å²) in [6, 6.07) is 0. The van der Waals surface area contributed by atoms with Gasteiger partial charge in [-0.15, -0.1) is 0 Å². The van der Waals surface area contributed by atoms with Crippen molar-refractivity contribution >= 4 is 6.09 Å². The van der Waals surface area contributed by atoms with Crippen molar-refractivity contribution in [2.24, 2.45) is 0 Å². The van der Waals surface area contributed by atoms with Crippen LogP contribution in [0.3, 0.4) is 0 Å². The van der Waals surface area contributed by atoms with Gasteiger partial charge in [0.15, 0.2) is 6.19 Å². The summed E-state index contributed by atoms with van der Waals surface area (Å²) in [6.45, 7) is 2.25. The van der Waals surface area contributed by atoms with Crippen LogP contribution in [-0.2, 0) is 0 Å². The molecule has 0 rings (SSSR count). The number of nitrogens with zero attached hydrogens (tertiary/aromatic N) is 2. The summed E-state index contributed by atoms with van der Waals surface area (Å²) in [5.41, 5.74) is 0. The summed E-state index contributed by atoms with van der Waals surface area (Å²) in [4.78, 5) is 10.9. The second kappa shape index (κ2) is 4.62. The number of carboxylic acid groups (broad SMARTS) is 1. The number of rotatable bonds is 3. The van der Waals surface area contributed by atoms with Crippen molar-refractivity contribution in [3.63, 3.8) is 0 Å². The van der Waals surface area contributed by atoms with Gasteiger partial charge in [-0.1, -0.05) is 13.3 Å². The fourth-order valence-corrected chi connectivity index (χ4v) is 0.505. The second-order valence-corrected chi connectivity index (χ2v) is 1.89. The maximum atomic E-state index is 10.1. The van der Waals surface area contributed by atoms with Gasteiger partial charge in [-0.3, -0.25) is 0 Å². The van der Waals surface area contributed by atoms with Gasteiger partial charge in [-0.25, -0.2) is 9.69 Å². The Bertz CT molecular complexity index is 150. The van der Waals surface area contributed by atoms with Crippen molar-refractivity contribution in [1.82, 2.24) is 4.90 Å². The van der Waals surface area contributed by atoms with E-state index < -0.39 is 6.09 Å². The predicted molar refractivity (Wildman–Crippen MR) is 35.3 cm³/mol. The Morgan fingerprint density at radius 3 is 2.70 bits per heavy atom. The SMILES string of the molecule is CCCCN(C#N)C(=O)O. The van der Waals surface area contributed by atoms with Gasteiger partial charge in [0.25, 0.3) is 0 Å². The minimum absolute atomic E-state index is 0.308. The van der Waals surface area contributed by atoms with Crippen molar-refractivity contribution in [2.45, 2.75) is 19.8 Å². The van der Waals surface area contributed by atoms with Crippen molar-refractivity contribution < 1.29 is 9.90 Å². The van der Waals surface area contributed by atoms with Crippen LogP contribution in [0.1, 0.15) is 19.8 Å². The fraction of sp³-hybridized carbons (Fsp3) is 0.667. The summed E-state index contributed by atoms with van der Waals surface area (Å²) in [5, 5.41) is 16.5. The third kappa shape index (κ3) is 2.92. The number of nitriles is 1. The third-order valence-electron chi connectivity index (χ3n) is 1.09. The zero-order chi connectivity index (χ0) is 7.98. The van der Waals surface area contributed by atoms with E-state index >= 15 is 0 Å². The molecule has 4 nitrogen and oxygen atoms in total.